The Labute approximate surface area is 153 Å². The van der Waals surface area contributed by atoms with Gasteiger partial charge in [0.1, 0.15) is 19.8 Å². The number of benzene rings is 2. The molecule has 0 radical (unpaired) electrons. The largest absolute Gasteiger partial charge is 0.486 e. The second-order valence-electron chi connectivity index (χ2n) is 5.91. The van der Waals surface area contributed by atoms with Crippen LogP contribution < -0.4 is 14.8 Å². The maximum absolute atomic E-state index is 12.5. The number of amides is 1. The Bertz CT molecular complexity index is 965. The summed E-state index contributed by atoms with van der Waals surface area (Å²) in [6, 6.07) is 13.5. The molecule has 0 aliphatic carbocycles. The molecule has 0 unspecified atom stereocenters. The smallest absolute Gasteiger partial charge is 0.244 e. The van der Waals surface area contributed by atoms with E-state index in [-0.39, 0.29) is 12.5 Å². The van der Waals surface area contributed by atoms with Gasteiger partial charge in [-0.25, -0.2) is 0 Å². The van der Waals surface area contributed by atoms with E-state index >= 15 is 0 Å². The Morgan fingerprint density at radius 1 is 1.16 bits per heavy atom. The van der Waals surface area contributed by atoms with Crippen molar-refractivity contribution in [3.8, 4) is 11.5 Å². The lowest BCUT2D eigenvalue weighted by atomic mass is 10.2. The molecule has 6 heteroatoms. The van der Waals surface area contributed by atoms with E-state index in [9.17, 15) is 4.79 Å². The summed E-state index contributed by atoms with van der Waals surface area (Å²) in [7, 11) is 0. The molecule has 2 heterocycles. The van der Waals surface area contributed by atoms with Gasteiger partial charge in [-0.15, -0.1) is 0 Å². The van der Waals surface area contributed by atoms with Crippen molar-refractivity contribution in [2.75, 3.05) is 18.5 Å². The first-order chi connectivity index (χ1) is 12.1. The molecule has 0 saturated carbocycles. The summed E-state index contributed by atoms with van der Waals surface area (Å²) in [6.07, 6.45) is 0. The minimum Gasteiger partial charge on any atom is -0.486 e. The third-order valence-electron chi connectivity index (χ3n) is 4.28. The van der Waals surface area contributed by atoms with Crippen molar-refractivity contribution < 1.29 is 14.3 Å². The molecule has 0 saturated heterocycles. The molecule has 1 aliphatic rings. The Balaban J connectivity index is 1.56. The number of anilines is 1. The number of para-hydroxylation sites is 1. The van der Waals surface area contributed by atoms with E-state index < -0.39 is 0 Å². The van der Waals surface area contributed by atoms with Gasteiger partial charge in [0.2, 0.25) is 5.91 Å². The van der Waals surface area contributed by atoms with Gasteiger partial charge >= 0.3 is 0 Å². The summed E-state index contributed by atoms with van der Waals surface area (Å²) >= 11 is 3.62. The first-order valence-electron chi connectivity index (χ1n) is 8.06. The lowest BCUT2D eigenvalue weighted by Crippen LogP contribution is -2.20. The molecular formula is C19H17BrN2O3. The van der Waals surface area contributed by atoms with Gasteiger partial charge in [-0.1, -0.05) is 18.2 Å². The number of nitrogens with one attached hydrogen (secondary N) is 1. The molecule has 1 amide bonds. The van der Waals surface area contributed by atoms with Gasteiger partial charge in [-0.2, -0.15) is 0 Å². The number of rotatable bonds is 3. The number of hydrogen-bond acceptors (Lipinski definition) is 3. The van der Waals surface area contributed by atoms with Crippen LogP contribution in [0, 0.1) is 6.92 Å². The summed E-state index contributed by atoms with van der Waals surface area (Å²) < 4.78 is 14.1. The van der Waals surface area contributed by atoms with Crippen LogP contribution in [0.15, 0.2) is 46.9 Å². The number of carbonyl (C=O) groups is 1. The van der Waals surface area contributed by atoms with E-state index in [0.717, 1.165) is 21.1 Å². The fourth-order valence-corrected chi connectivity index (χ4v) is 3.61. The van der Waals surface area contributed by atoms with E-state index in [4.69, 9.17) is 9.47 Å². The Morgan fingerprint density at radius 3 is 2.76 bits per heavy atom. The number of hydrogen-bond donors (Lipinski definition) is 1. The minimum atomic E-state index is -0.0898. The molecule has 128 valence electrons. The zero-order valence-corrected chi connectivity index (χ0v) is 15.3. The predicted molar refractivity (Wildman–Crippen MR) is 100 cm³/mol. The molecule has 4 rings (SSSR count). The monoisotopic (exact) mass is 400 g/mol. The van der Waals surface area contributed by atoms with Crippen LogP contribution in [0.5, 0.6) is 11.5 Å². The van der Waals surface area contributed by atoms with Gasteiger partial charge in [0.05, 0.1) is 0 Å². The third-order valence-corrected chi connectivity index (χ3v) is 5.28. The van der Waals surface area contributed by atoms with Gasteiger partial charge in [-0.05, 0) is 41.1 Å². The molecule has 0 spiro atoms. The van der Waals surface area contributed by atoms with Crippen molar-refractivity contribution in [1.29, 1.82) is 0 Å². The van der Waals surface area contributed by atoms with Crippen LogP contribution in [0.3, 0.4) is 0 Å². The Kier molecular flexibility index (Phi) is 4.13. The van der Waals surface area contributed by atoms with Crippen LogP contribution >= 0.6 is 15.9 Å². The SMILES string of the molecule is Cc1c(Br)c2ccccc2n1CC(=O)Nc1ccc2c(c1)OCCO2. The number of nitrogens with zero attached hydrogens (tertiary/aromatic N) is 1. The standard InChI is InChI=1S/C19H17BrN2O3/c1-12-19(20)14-4-2-3-5-15(14)22(12)11-18(23)21-13-6-7-16-17(10-13)25-9-8-24-16/h2-7,10H,8-9,11H2,1H3,(H,21,23). The second-order valence-corrected chi connectivity index (χ2v) is 6.70. The predicted octanol–water partition coefficient (Wildman–Crippen LogP) is 4.12. The van der Waals surface area contributed by atoms with Crippen LogP contribution in [0.2, 0.25) is 0 Å². The fourth-order valence-electron chi connectivity index (χ4n) is 3.06. The van der Waals surface area contributed by atoms with Gasteiger partial charge in [-0.3, -0.25) is 4.79 Å². The summed E-state index contributed by atoms with van der Waals surface area (Å²) in [5.74, 6) is 1.28. The van der Waals surface area contributed by atoms with Crippen LogP contribution in [-0.2, 0) is 11.3 Å². The van der Waals surface area contributed by atoms with Crippen molar-refractivity contribution in [3.05, 3.63) is 52.6 Å². The number of halogens is 1. The third kappa shape index (κ3) is 2.98. The molecule has 3 aromatic rings. The van der Waals surface area contributed by atoms with E-state index in [0.29, 0.717) is 30.4 Å². The molecule has 0 bridgehead atoms. The Morgan fingerprint density at radius 2 is 1.92 bits per heavy atom. The lowest BCUT2D eigenvalue weighted by Gasteiger charge is -2.19. The summed E-state index contributed by atoms with van der Waals surface area (Å²) in [6.45, 7) is 3.31. The summed E-state index contributed by atoms with van der Waals surface area (Å²) in [5, 5.41) is 4.03. The summed E-state index contributed by atoms with van der Waals surface area (Å²) in [4.78, 5) is 12.5. The zero-order chi connectivity index (χ0) is 17.4. The quantitative estimate of drug-likeness (QED) is 0.719. The minimum absolute atomic E-state index is 0.0898. The highest BCUT2D eigenvalue weighted by Crippen LogP contribution is 2.33. The van der Waals surface area contributed by atoms with E-state index in [1.54, 1.807) is 6.07 Å². The van der Waals surface area contributed by atoms with Crippen molar-refractivity contribution in [2.24, 2.45) is 0 Å². The highest BCUT2D eigenvalue weighted by molar-refractivity contribution is 9.10. The van der Waals surface area contributed by atoms with Gasteiger partial charge in [0, 0.05) is 32.8 Å². The van der Waals surface area contributed by atoms with Crippen LogP contribution in [0.4, 0.5) is 5.69 Å². The second kappa shape index (κ2) is 6.44. The van der Waals surface area contributed by atoms with Crippen molar-refractivity contribution in [1.82, 2.24) is 4.57 Å². The molecule has 1 aromatic heterocycles. The number of fused-ring (bicyclic) bond motifs is 2. The molecule has 1 aliphatic heterocycles. The first-order valence-corrected chi connectivity index (χ1v) is 8.85. The maximum Gasteiger partial charge on any atom is 0.244 e. The van der Waals surface area contributed by atoms with Gasteiger partial charge < -0.3 is 19.4 Å². The number of aromatic nitrogens is 1. The number of ether oxygens (including phenoxy) is 2. The normalized spacial score (nSPS) is 13.0. The first kappa shape index (κ1) is 16.0. The number of carbonyl (C=O) groups excluding carboxylic acids is 1. The fraction of sp³-hybridized carbons (Fsp3) is 0.211. The summed E-state index contributed by atoms with van der Waals surface area (Å²) in [5.41, 5.74) is 2.75. The zero-order valence-electron chi connectivity index (χ0n) is 13.7. The van der Waals surface area contributed by atoms with Crippen molar-refractivity contribution in [2.45, 2.75) is 13.5 Å². The molecule has 0 fully saturated rings. The average Bonchev–Trinajstić information content (AvgIpc) is 2.87. The molecule has 0 atom stereocenters. The lowest BCUT2D eigenvalue weighted by molar-refractivity contribution is -0.116. The van der Waals surface area contributed by atoms with Crippen LogP contribution in [0.25, 0.3) is 10.9 Å². The topological polar surface area (TPSA) is 52.5 Å². The Hall–Kier alpha value is -2.47. The molecular weight excluding hydrogens is 384 g/mol. The van der Waals surface area contributed by atoms with Crippen molar-refractivity contribution >= 4 is 38.4 Å². The highest BCUT2D eigenvalue weighted by atomic mass is 79.9. The molecule has 1 N–H and O–H groups in total. The highest BCUT2D eigenvalue weighted by Gasteiger charge is 2.16. The van der Waals surface area contributed by atoms with Crippen LogP contribution in [0.1, 0.15) is 5.69 Å². The van der Waals surface area contributed by atoms with E-state index in [2.05, 4.69) is 21.2 Å². The average molecular weight is 401 g/mol. The maximum atomic E-state index is 12.5. The van der Waals surface area contributed by atoms with Crippen LogP contribution in [-0.4, -0.2) is 23.7 Å². The molecule has 2 aromatic carbocycles. The van der Waals surface area contributed by atoms with E-state index in [1.807, 2.05) is 47.9 Å². The van der Waals surface area contributed by atoms with Crippen molar-refractivity contribution in [3.63, 3.8) is 0 Å². The van der Waals surface area contributed by atoms with Gasteiger partial charge in [0.15, 0.2) is 11.5 Å². The van der Waals surface area contributed by atoms with Gasteiger partial charge in [0.25, 0.3) is 0 Å². The van der Waals surface area contributed by atoms with E-state index in [1.165, 1.54) is 0 Å². The molecule has 25 heavy (non-hydrogen) atoms. The molecule has 5 nitrogen and oxygen atoms in total.